The predicted molar refractivity (Wildman–Crippen MR) is 94.9 cm³/mol. The van der Waals surface area contributed by atoms with Crippen LogP contribution in [0.1, 0.15) is 6.42 Å². The summed E-state index contributed by atoms with van der Waals surface area (Å²) in [5, 5.41) is 6.99. The number of nitrogens with one attached hydrogen (secondary N) is 2. The Morgan fingerprint density at radius 3 is 2.88 bits per heavy atom. The molecule has 134 valence electrons. The molecule has 1 saturated heterocycles. The molecule has 2 aromatic rings. The second kappa shape index (κ2) is 8.64. The van der Waals surface area contributed by atoms with Gasteiger partial charge in [0.1, 0.15) is 11.3 Å². The zero-order valence-corrected chi connectivity index (χ0v) is 14.1. The zero-order valence-electron chi connectivity index (χ0n) is 14.1. The molecular weight excluding hydrogens is 322 g/mol. The van der Waals surface area contributed by atoms with Crippen LogP contribution in [0.2, 0.25) is 0 Å². The Balaban J connectivity index is 1.39. The number of nitrogens with zero attached hydrogens (tertiary/aromatic N) is 1. The van der Waals surface area contributed by atoms with Crippen molar-refractivity contribution in [1.82, 2.24) is 15.5 Å². The van der Waals surface area contributed by atoms with Gasteiger partial charge in [-0.1, -0.05) is 0 Å². The summed E-state index contributed by atoms with van der Waals surface area (Å²) in [4.78, 5) is 25.5. The molecule has 1 amide bonds. The van der Waals surface area contributed by atoms with E-state index in [0.29, 0.717) is 17.9 Å². The van der Waals surface area contributed by atoms with E-state index in [2.05, 4.69) is 15.5 Å². The standard InChI is InChI=1S/C18H23N3O4/c22-17(20-6-1-9-21-10-7-19-8-11-21)13-24-15-4-2-14-3-5-18(23)25-16(14)12-15/h2-5,12,19H,1,6-11,13H2,(H,20,22). The monoisotopic (exact) mass is 345 g/mol. The second-order valence-electron chi connectivity index (χ2n) is 6.04. The largest absolute Gasteiger partial charge is 0.484 e. The minimum Gasteiger partial charge on any atom is -0.484 e. The van der Waals surface area contributed by atoms with E-state index < -0.39 is 5.63 Å². The van der Waals surface area contributed by atoms with Gasteiger partial charge in [0.25, 0.3) is 5.91 Å². The topological polar surface area (TPSA) is 83.8 Å². The van der Waals surface area contributed by atoms with E-state index in [-0.39, 0.29) is 12.5 Å². The summed E-state index contributed by atoms with van der Waals surface area (Å²) in [6, 6.07) is 8.22. The molecule has 1 aliphatic rings. The first-order chi connectivity index (χ1) is 12.2. The van der Waals surface area contributed by atoms with Crippen LogP contribution >= 0.6 is 0 Å². The van der Waals surface area contributed by atoms with Gasteiger partial charge in [0.15, 0.2) is 6.61 Å². The lowest BCUT2D eigenvalue weighted by Crippen LogP contribution is -2.44. The Hall–Kier alpha value is -2.38. The zero-order chi connectivity index (χ0) is 17.5. The molecule has 2 N–H and O–H groups in total. The number of carbonyl (C=O) groups excluding carboxylic acids is 1. The third kappa shape index (κ3) is 5.30. The minimum absolute atomic E-state index is 0.0593. The lowest BCUT2D eigenvalue weighted by Gasteiger charge is -2.27. The first kappa shape index (κ1) is 17.4. The molecule has 7 heteroatoms. The van der Waals surface area contributed by atoms with Gasteiger partial charge < -0.3 is 24.7 Å². The summed E-state index contributed by atoms with van der Waals surface area (Å²) in [5.74, 6) is 0.340. The number of fused-ring (bicyclic) bond motifs is 1. The highest BCUT2D eigenvalue weighted by molar-refractivity contribution is 5.79. The second-order valence-corrected chi connectivity index (χ2v) is 6.04. The molecule has 0 saturated carbocycles. The molecule has 1 fully saturated rings. The van der Waals surface area contributed by atoms with Crippen molar-refractivity contribution in [3.05, 3.63) is 40.8 Å². The van der Waals surface area contributed by atoms with E-state index in [9.17, 15) is 9.59 Å². The van der Waals surface area contributed by atoms with Gasteiger partial charge in [-0.15, -0.1) is 0 Å². The molecular formula is C18H23N3O4. The maximum Gasteiger partial charge on any atom is 0.336 e. The molecule has 7 nitrogen and oxygen atoms in total. The molecule has 1 aromatic carbocycles. The van der Waals surface area contributed by atoms with Gasteiger partial charge in [-0.2, -0.15) is 0 Å². The van der Waals surface area contributed by atoms with Crippen LogP contribution < -0.4 is 21.0 Å². The quantitative estimate of drug-likeness (QED) is 0.564. The molecule has 0 bridgehead atoms. The smallest absolute Gasteiger partial charge is 0.336 e. The fourth-order valence-corrected chi connectivity index (χ4v) is 2.80. The Labute approximate surface area is 145 Å². The Morgan fingerprint density at radius 1 is 1.24 bits per heavy atom. The van der Waals surface area contributed by atoms with Gasteiger partial charge in [-0.25, -0.2) is 4.79 Å². The van der Waals surface area contributed by atoms with Crippen molar-refractivity contribution in [3.8, 4) is 5.75 Å². The predicted octanol–water partition coefficient (Wildman–Crippen LogP) is 0.583. The van der Waals surface area contributed by atoms with Gasteiger partial charge in [0.2, 0.25) is 0 Å². The highest BCUT2D eigenvalue weighted by atomic mass is 16.5. The molecule has 25 heavy (non-hydrogen) atoms. The third-order valence-corrected chi connectivity index (χ3v) is 4.15. The maximum absolute atomic E-state index is 11.9. The van der Waals surface area contributed by atoms with Crippen molar-refractivity contribution in [2.45, 2.75) is 6.42 Å². The van der Waals surface area contributed by atoms with Crippen LogP contribution in [0.5, 0.6) is 5.75 Å². The van der Waals surface area contributed by atoms with Crippen molar-refractivity contribution in [2.75, 3.05) is 45.9 Å². The van der Waals surface area contributed by atoms with E-state index in [1.165, 1.54) is 6.07 Å². The summed E-state index contributed by atoms with van der Waals surface area (Å²) in [7, 11) is 0. The minimum atomic E-state index is -0.410. The molecule has 1 aromatic heterocycles. The van der Waals surface area contributed by atoms with Crippen LogP contribution in [0.25, 0.3) is 11.0 Å². The first-order valence-corrected chi connectivity index (χ1v) is 8.57. The van der Waals surface area contributed by atoms with E-state index in [4.69, 9.17) is 9.15 Å². The molecule has 0 atom stereocenters. The van der Waals surface area contributed by atoms with Crippen molar-refractivity contribution in [2.24, 2.45) is 0 Å². The van der Waals surface area contributed by atoms with Gasteiger partial charge in [-0.3, -0.25) is 4.79 Å². The number of benzene rings is 1. The average molecular weight is 345 g/mol. The summed E-state index contributed by atoms with van der Waals surface area (Å²) < 4.78 is 10.6. The van der Waals surface area contributed by atoms with E-state index in [1.807, 2.05) is 0 Å². The van der Waals surface area contributed by atoms with Crippen LogP contribution in [0.15, 0.2) is 39.5 Å². The summed E-state index contributed by atoms with van der Waals surface area (Å²) in [6.45, 7) is 5.77. The highest BCUT2D eigenvalue weighted by Crippen LogP contribution is 2.19. The lowest BCUT2D eigenvalue weighted by molar-refractivity contribution is -0.123. The van der Waals surface area contributed by atoms with Crippen molar-refractivity contribution in [3.63, 3.8) is 0 Å². The van der Waals surface area contributed by atoms with Crippen molar-refractivity contribution >= 4 is 16.9 Å². The fraction of sp³-hybridized carbons (Fsp3) is 0.444. The summed E-state index contributed by atoms with van der Waals surface area (Å²) >= 11 is 0. The number of piperazine rings is 1. The Morgan fingerprint density at radius 2 is 2.04 bits per heavy atom. The molecule has 3 rings (SSSR count). The maximum atomic E-state index is 11.9. The van der Waals surface area contributed by atoms with Crippen molar-refractivity contribution in [1.29, 1.82) is 0 Å². The average Bonchev–Trinajstić information content (AvgIpc) is 2.64. The molecule has 0 aliphatic carbocycles. The van der Waals surface area contributed by atoms with Crippen molar-refractivity contribution < 1.29 is 13.9 Å². The van der Waals surface area contributed by atoms with Crippen LogP contribution in [0.3, 0.4) is 0 Å². The third-order valence-electron chi connectivity index (χ3n) is 4.15. The molecule has 0 unspecified atom stereocenters. The Bertz CT molecular complexity index is 768. The summed E-state index contributed by atoms with van der Waals surface area (Å²) in [6.07, 6.45) is 0.923. The number of hydrogen-bond acceptors (Lipinski definition) is 6. The first-order valence-electron chi connectivity index (χ1n) is 8.57. The van der Waals surface area contributed by atoms with E-state index >= 15 is 0 Å². The number of carbonyl (C=O) groups is 1. The molecule has 0 spiro atoms. The molecule has 1 aliphatic heterocycles. The Kier molecular flexibility index (Phi) is 6.03. The normalized spacial score (nSPS) is 15.2. The fourth-order valence-electron chi connectivity index (χ4n) is 2.80. The summed E-state index contributed by atoms with van der Waals surface area (Å²) in [5.41, 5.74) is 0.0355. The van der Waals surface area contributed by atoms with E-state index in [1.54, 1.807) is 24.3 Å². The van der Waals surface area contributed by atoms with Crippen LogP contribution in [0, 0.1) is 0 Å². The highest BCUT2D eigenvalue weighted by Gasteiger charge is 2.09. The van der Waals surface area contributed by atoms with Gasteiger partial charge in [-0.05, 0) is 31.2 Å². The van der Waals surface area contributed by atoms with Crippen LogP contribution in [-0.2, 0) is 4.79 Å². The number of amides is 1. The SMILES string of the molecule is O=C(COc1ccc2ccc(=O)oc2c1)NCCCN1CCNCC1. The number of ether oxygens (including phenoxy) is 1. The molecule has 2 heterocycles. The van der Waals surface area contributed by atoms with E-state index in [0.717, 1.165) is 44.5 Å². The van der Waals surface area contributed by atoms with Crippen LogP contribution in [0.4, 0.5) is 0 Å². The number of rotatable bonds is 7. The molecule has 0 radical (unpaired) electrons. The van der Waals surface area contributed by atoms with Gasteiger partial charge in [0.05, 0.1) is 0 Å². The van der Waals surface area contributed by atoms with Gasteiger partial charge in [0, 0.05) is 50.2 Å². The van der Waals surface area contributed by atoms with Crippen LogP contribution in [-0.4, -0.2) is 56.7 Å². The van der Waals surface area contributed by atoms with Gasteiger partial charge >= 0.3 is 5.63 Å². The lowest BCUT2D eigenvalue weighted by atomic mass is 10.2. The number of hydrogen-bond donors (Lipinski definition) is 2.